The van der Waals surface area contributed by atoms with Crippen LogP contribution < -0.4 is 11.3 Å². The van der Waals surface area contributed by atoms with Crippen LogP contribution in [0.3, 0.4) is 0 Å². The molecule has 0 aliphatic carbocycles. The Morgan fingerprint density at radius 2 is 1.74 bits per heavy atom. The van der Waals surface area contributed by atoms with Gasteiger partial charge in [0, 0.05) is 15.6 Å². The van der Waals surface area contributed by atoms with Gasteiger partial charge >= 0.3 is 0 Å². The summed E-state index contributed by atoms with van der Waals surface area (Å²) >= 11 is 9.21. The van der Waals surface area contributed by atoms with E-state index in [0.717, 1.165) is 11.6 Å². The zero-order chi connectivity index (χ0) is 14.0. The molecular formula is C13H10BrClF2N2. The Bertz CT molecular complexity index is 587. The van der Waals surface area contributed by atoms with Crippen molar-refractivity contribution in [2.45, 2.75) is 6.04 Å². The van der Waals surface area contributed by atoms with E-state index in [-0.39, 0.29) is 0 Å². The van der Waals surface area contributed by atoms with Crippen molar-refractivity contribution in [3.05, 3.63) is 68.7 Å². The lowest BCUT2D eigenvalue weighted by molar-refractivity contribution is 0.565. The van der Waals surface area contributed by atoms with Gasteiger partial charge in [0.1, 0.15) is 11.6 Å². The first kappa shape index (κ1) is 14.4. The van der Waals surface area contributed by atoms with E-state index in [1.807, 2.05) is 0 Å². The van der Waals surface area contributed by atoms with Crippen LogP contribution in [0.15, 0.2) is 40.9 Å². The molecule has 0 amide bonds. The van der Waals surface area contributed by atoms with E-state index in [0.29, 0.717) is 15.1 Å². The number of nitrogens with one attached hydrogen (secondary N) is 1. The van der Waals surface area contributed by atoms with Crippen LogP contribution in [0.2, 0.25) is 5.02 Å². The molecule has 0 saturated carbocycles. The fraction of sp³-hybridized carbons (Fsp3) is 0.0769. The largest absolute Gasteiger partial charge is 0.271 e. The summed E-state index contributed by atoms with van der Waals surface area (Å²) in [6.07, 6.45) is 0. The first-order valence-corrected chi connectivity index (χ1v) is 6.55. The molecule has 0 aliphatic heterocycles. The molecule has 0 fully saturated rings. The Kier molecular flexibility index (Phi) is 4.52. The van der Waals surface area contributed by atoms with Gasteiger partial charge in [-0.3, -0.25) is 5.84 Å². The molecule has 0 aliphatic rings. The lowest BCUT2D eigenvalue weighted by Gasteiger charge is -2.18. The highest BCUT2D eigenvalue weighted by Crippen LogP contribution is 2.30. The second-order valence-corrected chi connectivity index (χ2v) is 5.26. The molecule has 0 radical (unpaired) electrons. The number of hydrogen-bond donors (Lipinski definition) is 2. The van der Waals surface area contributed by atoms with Crippen LogP contribution in [0.25, 0.3) is 0 Å². The van der Waals surface area contributed by atoms with E-state index in [1.165, 1.54) is 12.1 Å². The fourth-order valence-corrected chi connectivity index (χ4v) is 2.75. The van der Waals surface area contributed by atoms with E-state index in [1.54, 1.807) is 18.2 Å². The van der Waals surface area contributed by atoms with Crippen LogP contribution in [0.5, 0.6) is 0 Å². The molecule has 2 rings (SSSR count). The van der Waals surface area contributed by atoms with Crippen LogP contribution in [-0.4, -0.2) is 0 Å². The fourth-order valence-electron chi connectivity index (χ4n) is 1.84. The average molecular weight is 348 g/mol. The van der Waals surface area contributed by atoms with Crippen LogP contribution in [-0.2, 0) is 0 Å². The minimum absolute atomic E-state index is 0.392. The van der Waals surface area contributed by atoms with Crippen LogP contribution >= 0.6 is 27.5 Å². The zero-order valence-electron chi connectivity index (χ0n) is 9.63. The second-order valence-electron chi connectivity index (χ2n) is 3.97. The summed E-state index contributed by atoms with van der Waals surface area (Å²) in [5.41, 5.74) is 3.67. The minimum Gasteiger partial charge on any atom is -0.271 e. The Morgan fingerprint density at radius 1 is 1.11 bits per heavy atom. The highest BCUT2D eigenvalue weighted by Gasteiger charge is 2.17. The molecule has 100 valence electrons. The molecule has 0 spiro atoms. The third-order valence-corrected chi connectivity index (χ3v) is 3.58. The van der Waals surface area contributed by atoms with Crippen LogP contribution in [0.1, 0.15) is 17.2 Å². The number of benzene rings is 2. The monoisotopic (exact) mass is 346 g/mol. The van der Waals surface area contributed by atoms with E-state index in [4.69, 9.17) is 17.4 Å². The Hall–Kier alpha value is -1.01. The first-order valence-electron chi connectivity index (χ1n) is 5.38. The first-order chi connectivity index (χ1) is 9.01. The highest BCUT2D eigenvalue weighted by molar-refractivity contribution is 9.10. The van der Waals surface area contributed by atoms with E-state index in [2.05, 4.69) is 21.4 Å². The third kappa shape index (κ3) is 3.30. The molecule has 0 aromatic heterocycles. The summed E-state index contributed by atoms with van der Waals surface area (Å²) < 4.78 is 27.2. The molecule has 0 saturated heterocycles. The van der Waals surface area contributed by atoms with Gasteiger partial charge in [-0.2, -0.15) is 0 Å². The number of hydrazine groups is 1. The smallest absolute Gasteiger partial charge is 0.126 e. The van der Waals surface area contributed by atoms with Gasteiger partial charge < -0.3 is 0 Å². The van der Waals surface area contributed by atoms with Crippen LogP contribution in [0.4, 0.5) is 8.78 Å². The molecule has 0 heterocycles. The van der Waals surface area contributed by atoms with Gasteiger partial charge in [-0.1, -0.05) is 33.6 Å². The van der Waals surface area contributed by atoms with Gasteiger partial charge in [-0.25, -0.2) is 14.2 Å². The quantitative estimate of drug-likeness (QED) is 0.652. The summed E-state index contributed by atoms with van der Waals surface area (Å²) in [6, 6.07) is 7.84. The summed E-state index contributed by atoms with van der Waals surface area (Å²) in [5.74, 6) is 4.19. The summed E-state index contributed by atoms with van der Waals surface area (Å²) in [4.78, 5) is 0. The van der Waals surface area contributed by atoms with Crippen molar-refractivity contribution >= 4 is 27.5 Å². The minimum atomic E-state index is -0.652. The van der Waals surface area contributed by atoms with Crippen molar-refractivity contribution in [2.75, 3.05) is 0 Å². The van der Waals surface area contributed by atoms with Gasteiger partial charge in [-0.05, 0) is 35.4 Å². The molecule has 0 bridgehead atoms. The normalized spacial score (nSPS) is 12.5. The van der Waals surface area contributed by atoms with Crippen molar-refractivity contribution in [3.8, 4) is 0 Å². The van der Waals surface area contributed by atoms with Crippen LogP contribution in [0, 0.1) is 11.6 Å². The molecule has 2 nitrogen and oxygen atoms in total. The SMILES string of the molecule is NNC(c1cc(F)cc(F)c1)c1ccc(Cl)cc1Br. The zero-order valence-corrected chi connectivity index (χ0v) is 12.0. The predicted molar refractivity (Wildman–Crippen MR) is 74.7 cm³/mol. The van der Waals surface area contributed by atoms with E-state index in [9.17, 15) is 8.78 Å². The lowest BCUT2D eigenvalue weighted by atomic mass is 9.99. The molecule has 2 aromatic rings. The predicted octanol–water partition coefficient (Wildman–Crippen LogP) is 3.93. The number of rotatable bonds is 3. The lowest BCUT2D eigenvalue weighted by Crippen LogP contribution is -2.29. The van der Waals surface area contributed by atoms with Crippen molar-refractivity contribution in [2.24, 2.45) is 5.84 Å². The molecule has 19 heavy (non-hydrogen) atoms. The summed E-state index contributed by atoms with van der Waals surface area (Å²) in [6.45, 7) is 0. The molecular weight excluding hydrogens is 338 g/mol. The number of hydrogen-bond acceptors (Lipinski definition) is 2. The van der Waals surface area contributed by atoms with Crippen molar-refractivity contribution in [3.63, 3.8) is 0 Å². The molecule has 3 N–H and O–H groups in total. The summed E-state index contributed by atoms with van der Waals surface area (Å²) in [7, 11) is 0. The van der Waals surface area contributed by atoms with Crippen molar-refractivity contribution in [1.82, 2.24) is 5.43 Å². The van der Waals surface area contributed by atoms with Gasteiger partial charge in [0.15, 0.2) is 0 Å². The average Bonchev–Trinajstić information content (AvgIpc) is 2.31. The topological polar surface area (TPSA) is 38.0 Å². The highest BCUT2D eigenvalue weighted by atomic mass is 79.9. The van der Waals surface area contributed by atoms with Gasteiger partial charge in [0.25, 0.3) is 0 Å². The standard InChI is InChI=1S/C13H10BrClF2N2/c14-12-5-8(15)1-2-11(12)13(19-18)7-3-9(16)6-10(17)4-7/h1-6,13,19H,18H2. The maximum Gasteiger partial charge on any atom is 0.126 e. The second kappa shape index (κ2) is 5.96. The van der Waals surface area contributed by atoms with Gasteiger partial charge in [-0.15, -0.1) is 0 Å². The molecule has 2 aromatic carbocycles. The maximum atomic E-state index is 13.3. The van der Waals surface area contributed by atoms with Crippen molar-refractivity contribution in [1.29, 1.82) is 0 Å². The number of nitrogens with two attached hydrogens (primary N) is 1. The van der Waals surface area contributed by atoms with E-state index < -0.39 is 17.7 Å². The van der Waals surface area contributed by atoms with Gasteiger partial charge in [0.2, 0.25) is 0 Å². The third-order valence-electron chi connectivity index (χ3n) is 2.66. The maximum absolute atomic E-state index is 13.3. The van der Waals surface area contributed by atoms with Crippen molar-refractivity contribution < 1.29 is 8.78 Å². The Balaban J connectivity index is 2.49. The van der Waals surface area contributed by atoms with E-state index >= 15 is 0 Å². The molecule has 1 atom stereocenters. The molecule has 6 heteroatoms. The number of halogens is 4. The summed E-state index contributed by atoms with van der Waals surface area (Å²) in [5, 5.41) is 0.553. The Labute approximate surface area is 122 Å². The Morgan fingerprint density at radius 3 is 2.26 bits per heavy atom. The molecule has 1 unspecified atom stereocenters. The van der Waals surface area contributed by atoms with Gasteiger partial charge in [0.05, 0.1) is 6.04 Å².